The number of benzene rings is 1. The summed E-state index contributed by atoms with van der Waals surface area (Å²) in [6.07, 6.45) is -0.977. The minimum absolute atomic E-state index is 0.488. The molecule has 0 aliphatic carbocycles. The molecule has 0 aliphatic heterocycles. The lowest BCUT2D eigenvalue weighted by Crippen LogP contribution is -2.14. The van der Waals surface area contributed by atoms with E-state index in [1.165, 1.54) is 0 Å². The molecular weight excluding hydrogens is 304 g/mol. The number of rotatable bonds is 8. The van der Waals surface area contributed by atoms with Gasteiger partial charge in [-0.3, -0.25) is 0 Å². The van der Waals surface area contributed by atoms with Gasteiger partial charge in [0, 0.05) is 37.6 Å². The van der Waals surface area contributed by atoms with Crippen molar-refractivity contribution in [2.45, 2.75) is 40.3 Å². The van der Waals surface area contributed by atoms with Crippen LogP contribution in [0.5, 0.6) is 0 Å². The van der Waals surface area contributed by atoms with Crippen LogP contribution in [0.25, 0.3) is 0 Å². The third-order valence-corrected chi connectivity index (χ3v) is 2.83. The first-order chi connectivity index (χ1) is 11.7. The summed E-state index contributed by atoms with van der Waals surface area (Å²) in [6.45, 7) is 9.92. The summed E-state index contributed by atoms with van der Waals surface area (Å²) in [5.41, 5.74) is 1.77. The van der Waals surface area contributed by atoms with Crippen LogP contribution in [0.2, 0.25) is 0 Å². The van der Waals surface area contributed by atoms with Gasteiger partial charge in [0.15, 0.2) is 0 Å². The molecule has 4 nitrogen and oxygen atoms in total. The molecule has 1 aromatic carbocycles. The molecule has 24 heavy (non-hydrogen) atoms. The molecule has 0 unspecified atom stereocenters. The molecule has 130 valence electrons. The van der Waals surface area contributed by atoms with Crippen LogP contribution >= 0.6 is 0 Å². The molecule has 0 bridgehead atoms. The van der Waals surface area contributed by atoms with Crippen molar-refractivity contribution in [3.8, 4) is 23.7 Å². The van der Waals surface area contributed by atoms with Gasteiger partial charge in [0.25, 0.3) is 0 Å². The van der Waals surface area contributed by atoms with Crippen LogP contribution in [-0.4, -0.2) is 39.0 Å². The third kappa shape index (κ3) is 8.15. The molecule has 0 spiro atoms. The van der Waals surface area contributed by atoms with E-state index in [0.29, 0.717) is 26.4 Å². The minimum Gasteiger partial charge on any atom is -0.342 e. The molecule has 1 rings (SSSR count). The zero-order valence-electron chi connectivity index (χ0n) is 14.9. The van der Waals surface area contributed by atoms with Crippen LogP contribution < -0.4 is 0 Å². The third-order valence-electron chi connectivity index (χ3n) is 2.83. The Labute approximate surface area is 145 Å². The summed E-state index contributed by atoms with van der Waals surface area (Å²) in [6, 6.07) is 7.68. The van der Waals surface area contributed by atoms with Crippen LogP contribution in [-0.2, 0) is 18.9 Å². The number of hydrogen-bond acceptors (Lipinski definition) is 4. The quantitative estimate of drug-likeness (QED) is 0.542. The summed E-state index contributed by atoms with van der Waals surface area (Å²) in [5, 5.41) is 0. The highest BCUT2D eigenvalue weighted by Crippen LogP contribution is 2.03. The van der Waals surface area contributed by atoms with Crippen molar-refractivity contribution in [2.75, 3.05) is 26.4 Å². The highest BCUT2D eigenvalue weighted by atomic mass is 16.7. The summed E-state index contributed by atoms with van der Waals surface area (Å²) in [7, 11) is 0. The zero-order valence-corrected chi connectivity index (χ0v) is 14.9. The van der Waals surface area contributed by atoms with E-state index in [9.17, 15) is 0 Å². The molecule has 0 amide bonds. The van der Waals surface area contributed by atoms with Crippen molar-refractivity contribution in [1.29, 1.82) is 0 Å². The van der Waals surface area contributed by atoms with Gasteiger partial charge in [0.2, 0.25) is 12.6 Å². The van der Waals surface area contributed by atoms with E-state index in [-0.39, 0.29) is 0 Å². The fourth-order valence-electron chi connectivity index (χ4n) is 1.79. The summed E-state index contributed by atoms with van der Waals surface area (Å²) in [4.78, 5) is 0. The van der Waals surface area contributed by atoms with E-state index in [1.807, 2.05) is 52.0 Å². The molecule has 1 aromatic rings. The molecule has 0 saturated heterocycles. The van der Waals surface area contributed by atoms with Gasteiger partial charge in [-0.15, -0.1) is 0 Å². The van der Waals surface area contributed by atoms with E-state index in [4.69, 9.17) is 18.9 Å². The molecular formula is C20H26O4. The van der Waals surface area contributed by atoms with E-state index in [2.05, 4.69) is 23.7 Å². The van der Waals surface area contributed by atoms with E-state index in [0.717, 1.165) is 11.1 Å². The monoisotopic (exact) mass is 330 g/mol. The molecule has 0 saturated carbocycles. The van der Waals surface area contributed by atoms with Gasteiger partial charge in [-0.2, -0.15) is 0 Å². The zero-order chi connectivity index (χ0) is 17.6. The molecule has 0 aliphatic rings. The van der Waals surface area contributed by atoms with Gasteiger partial charge in [-0.05, 0) is 63.8 Å². The average Bonchev–Trinajstić information content (AvgIpc) is 2.59. The minimum atomic E-state index is -0.488. The molecule has 0 heterocycles. The van der Waals surface area contributed by atoms with Crippen molar-refractivity contribution in [2.24, 2.45) is 0 Å². The van der Waals surface area contributed by atoms with E-state index >= 15 is 0 Å². The Morgan fingerprint density at radius 1 is 0.625 bits per heavy atom. The van der Waals surface area contributed by atoms with Crippen molar-refractivity contribution in [1.82, 2.24) is 0 Å². The summed E-state index contributed by atoms with van der Waals surface area (Å²) < 4.78 is 21.6. The SMILES string of the molecule is CCOC(C#Cc1ccc(C#CC(OCC)OCC)cc1)OCC. The first-order valence-corrected chi connectivity index (χ1v) is 8.32. The Balaban J connectivity index is 2.72. The molecule has 0 fully saturated rings. The average molecular weight is 330 g/mol. The Kier molecular flexibility index (Phi) is 10.6. The molecule has 0 N–H and O–H groups in total. The largest absolute Gasteiger partial charge is 0.342 e. The topological polar surface area (TPSA) is 36.9 Å². The van der Waals surface area contributed by atoms with Crippen LogP contribution in [0.1, 0.15) is 38.8 Å². The summed E-state index contributed by atoms with van der Waals surface area (Å²) >= 11 is 0. The Morgan fingerprint density at radius 3 is 1.17 bits per heavy atom. The lowest BCUT2D eigenvalue weighted by atomic mass is 10.1. The van der Waals surface area contributed by atoms with Gasteiger partial charge in [0.05, 0.1) is 0 Å². The van der Waals surface area contributed by atoms with Crippen molar-refractivity contribution in [3.63, 3.8) is 0 Å². The van der Waals surface area contributed by atoms with Gasteiger partial charge in [-0.25, -0.2) is 0 Å². The van der Waals surface area contributed by atoms with Crippen LogP contribution in [0.15, 0.2) is 24.3 Å². The maximum atomic E-state index is 5.39. The molecule has 0 aromatic heterocycles. The predicted octanol–water partition coefficient (Wildman–Crippen LogP) is 3.19. The summed E-state index contributed by atoms with van der Waals surface area (Å²) in [5.74, 6) is 12.0. The van der Waals surface area contributed by atoms with Crippen LogP contribution in [0.4, 0.5) is 0 Å². The number of hydrogen-bond donors (Lipinski definition) is 0. The Bertz CT molecular complexity index is 507. The van der Waals surface area contributed by atoms with Crippen molar-refractivity contribution >= 4 is 0 Å². The fraction of sp³-hybridized carbons (Fsp3) is 0.500. The lowest BCUT2D eigenvalue weighted by Gasteiger charge is -2.09. The maximum Gasteiger partial charge on any atom is 0.222 e. The van der Waals surface area contributed by atoms with Crippen LogP contribution in [0, 0.1) is 23.7 Å². The Hall–Kier alpha value is -1.82. The first-order valence-electron chi connectivity index (χ1n) is 8.32. The first kappa shape index (κ1) is 20.2. The molecule has 4 heteroatoms. The second-order valence-corrected chi connectivity index (χ2v) is 4.60. The van der Waals surface area contributed by atoms with Gasteiger partial charge in [0.1, 0.15) is 0 Å². The maximum absolute atomic E-state index is 5.39. The lowest BCUT2D eigenvalue weighted by molar-refractivity contribution is -0.0972. The highest BCUT2D eigenvalue weighted by Gasteiger charge is 2.02. The van der Waals surface area contributed by atoms with Gasteiger partial charge in [-0.1, -0.05) is 11.8 Å². The number of ether oxygens (including phenoxy) is 4. The van der Waals surface area contributed by atoms with Gasteiger partial charge < -0.3 is 18.9 Å². The fourth-order valence-corrected chi connectivity index (χ4v) is 1.79. The second-order valence-electron chi connectivity index (χ2n) is 4.60. The smallest absolute Gasteiger partial charge is 0.222 e. The van der Waals surface area contributed by atoms with Crippen molar-refractivity contribution in [3.05, 3.63) is 35.4 Å². The molecule has 0 radical (unpaired) electrons. The van der Waals surface area contributed by atoms with E-state index < -0.39 is 12.6 Å². The second kappa shape index (κ2) is 12.6. The standard InChI is InChI=1S/C20H26O4/c1-5-21-19(22-6-2)15-13-17-9-11-18(12-10-17)14-16-20(23-7-3)24-8-4/h9-12,19-20H,5-8H2,1-4H3. The van der Waals surface area contributed by atoms with Crippen molar-refractivity contribution < 1.29 is 18.9 Å². The Morgan fingerprint density at radius 2 is 0.917 bits per heavy atom. The normalized spacial score (nSPS) is 10.2. The van der Waals surface area contributed by atoms with Gasteiger partial charge >= 0.3 is 0 Å². The van der Waals surface area contributed by atoms with E-state index in [1.54, 1.807) is 0 Å². The highest BCUT2D eigenvalue weighted by molar-refractivity contribution is 5.42. The molecule has 0 atom stereocenters. The predicted molar refractivity (Wildman–Crippen MR) is 94.3 cm³/mol. The van der Waals surface area contributed by atoms with Crippen LogP contribution in [0.3, 0.4) is 0 Å².